The summed E-state index contributed by atoms with van der Waals surface area (Å²) in [6, 6.07) is 12.7. The first kappa shape index (κ1) is 13.4. The van der Waals surface area contributed by atoms with Gasteiger partial charge in [-0.3, -0.25) is 0 Å². The topological polar surface area (TPSA) is 9.23 Å². The van der Waals surface area contributed by atoms with Gasteiger partial charge in [0, 0.05) is 10.4 Å². The minimum Gasteiger partial charge on any atom is -0.489 e. The number of halogens is 1. The average molecular weight is 307 g/mol. The fraction of sp³-hybridized carbons (Fsp3) is 0.375. The molecule has 2 atom stereocenters. The number of fused-ring (bicyclic) bond motifs is 1. The molecule has 0 saturated carbocycles. The molecule has 1 unspecified atom stereocenters. The summed E-state index contributed by atoms with van der Waals surface area (Å²) in [6.07, 6.45) is 1.15. The number of rotatable bonds is 4. The second-order valence-corrected chi connectivity index (χ2v) is 6.06. The van der Waals surface area contributed by atoms with Gasteiger partial charge in [-0.05, 0) is 37.1 Å². The number of aryl methyl sites for hydroxylation is 1. The summed E-state index contributed by atoms with van der Waals surface area (Å²) in [6.45, 7) is 6.38. The average Bonchev–Trinajstić information content (AvgIpc) is 2.38. The second-order valence-electron chi connectivity index (χ2n) is 4.62. The SMILES string of the molecule is CCc1c(OC(C)[C@H](C)Br)ccc2ccccc12. The van der Waals surface area contributed by atoms with Crippen molar-refractivity contribution < 1.29 is 4.74 Å². The zero-order valence-corrected chi connectivity index (χ0v) is 12.7. The lowest BCUT2D eigenvalue weighted by Gasteiger charge is -2.20. The molecule has 0 aliphatic carbocycles. The van der Waals surface area contributed by atoms with E-state index in [2.05, 4.69) is 73.1 Å². The first-order valence-corrected chi connectivity index (χ1v) is 7.36. The number of hydrogen-bond acceptors (Lipinski definition) is 1. The maximum absolute atomic E-state index is 6.06. The summed E-state index contributed by atoms with van der Waals surface area (Å²) in [4.78, 5) is 0.341. The second kappa shape index (κ2) is 5.75. The molecule has 18 heavy (non-hydrogen) atoms. The fourth-order valence-corrected chi connectivity index (χ4v) is 2.19. The molecule has 0 aromatic heterocycles. The van der Waals surface area contributed by atoms with Crippen molar-refractivity contribution in [1.82, 2.24) is 0 Å². The molecule has 2 aromatic carbocycles. The lowest BCUT2D eigenvalue weighted by atomic mass is 10.0. The van der Waals surface area contributed by atoms with Gasteiger partial charge in [0.2, 0.25) is 0 Å². The highest BCUT2D eigenvalue weighted by Gasteiger charge is 2.13. The Labute approximate surface area is 117 Å². The van der Waals surface area contributed by atoms with Gasteiger partial charge in [-0.1, -0.05) is 53.2 Å². The molecule has 0 aliphatic heterocycles. The number of hydrogen-bond donors (Lipinski definition) is 0. The van der Waals surface area contributed by atoms with Crippen LogP contribution in [0.2, 0.25) is 0 Å². The highest BCUT2D eigenvalue weighted by atomic mass is 79.9. The van der Waals surface area contributed by atoms with Crippen molar-refractivity contribution in [3.05, 3.63) is 42.0 Å². The van der Waals surface area contributed by atoms with Crippen molar-refractivity contribution in [2.45, 2.75) is 38.1 Å². The summed E-state index contributed by atoms with van der Waals surface area (Å²) < 4.78 is 6.06. The minimum atomic E-state index is 0.163. The Morgan fingerprint density at radius 3 is 2.50 bits per heavy atom. The van der Waals surface area contributed by atoms with Gasteiger partial charge >= 0.3 is 0 Å². The monoisotopic (exact) mass is 306 g/mol. The van der Waals surface area contributed by atoms with Crippen LogP contribution in [0, 0.1) is 0 Å². The van der Waals surface area contributed by atoms with E-state index in [1.807, 2.05) is 0 Å². The van der Waals surface area contributed by atoms with Crippen molar-refractivity contribution in [3.63, 3.8) is 0 Å². The summed E-state index contributed by atoms with van der Waals surface area (Å²) in [7, 11) is 0. The van der Waals surface area contributed by atoms with Crippen LogP contribution >= 0.6 is 15.9 Å². The number of benzene rings is 2. The van der Waals surface area contributed by atoms with Gasteiger partial charge in [-0.15, -0.1) is 0 Å². The zero-order valence-electron chi connectivity index (χ0n) is 11.1. The van der Waals surface area contributed by atoms with E-state index in [1.54, 1.807) is 0 Å². The van der Waals surface area contributed by atoms with Crippen LogP contribution in [-0.4, -0.2) is 10.9 Å². The highest BCUT2D eigenvalue weighted by molar-refractivity contribution is 9.09. The van der Waals surface area contributed by atoms with Gasteiger partial charge in [0.15, 0.2) is 0 Å². The van der Waals surface area contributed by atoms with E-state index in [9.17, 15) is 0 Å². The summed E-state index contributed by atoms with van der Waals surface area (Å²) >= 11 is 3.57. The molecule has 1 nitrogen and oxygen atoms in total. The van der Waals surface area contributed by atoms with Crippen molar-refractivity contribution in [1.29, 1.82) is 0 Å². The standard InChI is InChI=1S/C16H19BrO/c1-4-14-15-8-6-5-7-13(15)9-10-16(14)18-12(3)11(2)17/h5-12H,4H2,1-3H3/t11-,12?/m0/s1. The van der Waals surface area contributed by atoms with Crippen molar-refractivity contribution in [3.8, 4) is 5.75 Å². The van der Waals surface area contributed by atoms with Gasteiger partial charge < -0.3 is 4.74 Å². The molecular weight excluding hydrogens is 288 g/mol. The van der Waals surface area contributed by atoms with Crippen LogP contribution in [0.15, 0.2) is 36.4 Å². The Hall–Kier alpha value is -1.02. The number of alkyl halides is 1. The quantitative estimate of drug-likeness (QED) is 0.726. The van der Waals surface area contributed by atoms with Gasteiger partial charge in [-0.25, -0.2) is 0 Å². The maximum Gasteiger partial charge on any atom is 0.123 e. The molecule has 0 bridgehead atoms. The van der Waals surface area contributed by atoms with Crippen molar-refractivity contribution >= 4 is 26.7 Å². The van der Waals surface area contributed by atoms with Crippen LogP contribution in [0.1, 0.15) is 26.3 Å². The Kier molecular flexibility index (Phi) is 4.28. The number of ether oxygens (including phenoxy) is 1. The molecule has 96 valence electrons. The van der Waals surface area contributed by atoms with Gasteiger partial charge in [0.05, 0.1) is 0 Å². The predicted molar refractivity (Wildman–Crippen MR) is 81.8 cm³/mol. The molecule has 0 fully saturated rings. The molecule has 0 spiro atoms. The Balaban J connectivity index is 2.45. The van der Waals surface area contributed by atoms with Crippen LogP contribution in [0.5, 0.6) is 5.75 Å². The first-order valence-electron chi connectivity index (χ1n) is 6.44. The molecule has 0 radical (unpaired) electrons. The third kappa shape index (κ3) is 2.69. The third-order valence-corrected chi connectivity index (χ3v) is 4.06. The Bertz CT molecular complexity index is 534. The summed E-state index contributed by atoms with van der Waals surface area (Å²) in [5.74, 6) is 1.01. The molecule has 0 heterocycles. The molecular formula is C16H19BrO. The van der Waals surface area contributed by atoms with Crippen LogP contribution in [0.3, 0.4) is 0 Å². The van der Waals surface area contributed by atoms with Crippen LogP contribution in [0.4, 0.5) is 0 Å². The van der Waals surface area contributed by atoms with E-state index in [0.29, 0.717) is 4.83 Å². The molecule has 2 aromatic rings. The maximum atomic E-state index is 6.06. The van der Waals surface area contributed by atoms with Crippen LogP contribution in [0.25, 0.3) is 10.8 Å². The molecule has 0 saturated heterocycles. The molecule has 2 rings (SSSR count). The lowest BCUT2D eigenvalue weighted by molar-refractivity contribution is 0.223. The normalized spacial score (nSPS) is 14.4. The zero-order chi connectivity index (χ0) is 13.1. The van der Waals surface area contributed by atoms with E-state index >= 15 is 0 Å². The van der Waals surface area contributed by atoms with Gasteiger partial charge in [0.25, 0.3) is 0 Å². The molecule has 0 N–H and O–H groups in total. The Morgan fingerprint density at radius 1 is 1.11 bits per heavy atom. The van der Waals surface area contributed by atoms with Crippen LogP contribution in [-0.2, 0) is 6.42 Å². The first-order chi connectivity index (χ1) is 8.63. The van der Waals surface area contributed by atoms with E-state index in [4.69, 9.17) is 4.74 Å². The molecule has 0 amide bonds. The van der Waals surface area contributed by atoms with E-state index in [0.717, 1.165) is 12.2 Å². The van der Waals surface area contributed by atoms with Gasteiger partial charge in [0.1, 0.15) is 11.9 Å². The molecule has 2 heteroatoms. The molecule has 0 aliphatic rings. The highest BCUT2D eigenvalue weighted by Crippen LogP contribution is 2.30. The lowest BCUT2D eigenvalue weighted by Crippen LogP contribution is -2.21. The largest absolute Gasteiger partial charge is 0.489 e. The fourth-order valence-electron chi connectivity index (χ4n) is 2.09. The predicted octanol–water partition coefficient (Wildman–Crippen LogP) is 4.95. The summed E-state index contributed by atoms with van der Waals surface area (Å²) in [5.41, 5.74) is 1.30. The van der Waals surface area contributed by atoms with E-state index in [-0.39, 0.29) is 6.10 Å². The third-order valence-electron chi connectivity index (χ3n) is 3.31. The van der Waals surface area contributed by atoms with Gasteiger partial charge in [-0.2, -0.15) is 0 Å². The summed E-state index contributed by atoms with van der Waals surface area (Å²) in [5, 5.41) is 2.58. The van der Waals surface area contributed by atoms with Crippen molar-refractivity contribution in [2.24, 2.45) is 0 Å². The van der Waals surface area contributed by atoms with E-state index in [1.165, 1.54) is 16.3 Å². The smallest absolute Gasteiger partial charge is 0.123 e. The minimum absolute atomic E-state index is 0.163. The Morgan fingerprint density at radius 2 is 1.83 bits per heavy atom. The van der Waals surface area contributed by atoms with E-state index < -0.39 is 0 Å². The van der Waals surface area contributed by atoms with Crippen LogP contribution < -0.4 is 4.74 Å². The van der Waals surface area contributed by atoms with Crippen molar-refractivity contribution in [2.75, 3.05) is 0 Å².